The zero-order chi connectivity index (χ0) is 11.9. The number of benzene rings is 1. The molecule has 0 bridgehead atoms. The van der Waals surface area contributed by atoms with Gasteiger partial charge in [-0.2, -0.15) is 0 Å². The highest BCUT2D eigenvalue weighted by atomic mass is 14.6. The van der Waals surface area contributed by atoms with Crippen LogP contribution in [0.25, 0.3) is 0 Å². The van der Waals surface area contributed by atoms with Crippen LogP contribution >= 0.6 is 0 Å². The lowest BCUT2D eigenvalue weighted by atomic mass is 9.65. The van der Waals surface area contributed by atoms with Crippen LogP contribution in [0.1, 0.15) is 61.1 Å². The van der Waals surface area contributed by atoms with E-state index in [9.17, 15) is 0 Å². The summed E-state index contributed by atoms with van der Waals surface area (Å²) in [6, 6.07) is 7.09. The van der Waals surface area contributed by atoms with Gasteiger partial charge in [0.15, 0.2) is 0 Å². The summed E-state index contributed by atoms with van der Waals surface area (Å²) in [6.07, 6.45) is 8.31. The number of hydrogen-bond acceptors (Lipinski definition) is 1. The molecule has 1 aromatic carbocycles. The lowest BCUT2D eigenvalue weighted by Crippen LogP contribution is -2.32. The molecule has 1 aromatic rings. The van der Waals surface area contributed by atoms with Crippen LogP contribution in [0.3, 0.4) is 0 Å². The van der Waals surface area contributed by atoms with Crippen LogP contribution in [-0.4, -0.2) is 6.54 Å². The Balaban J connectivity index is 2.10. The van der Waals surface area contributed by atoms with E-state index in [0.717, 1.165) is 6.54 Å². The number of hydrogen-bond donors (Lipinski definition) is 1. The molecule has 1 spiro atoms. The summed E-state index contributed by atoms with van der Waals surface area (Å²) in [5, 5.41) is 0. The first-order valence-corrected chi connectivity index (χ1v) is 7.06. The first-order valence-electron chi connectivity index (χ1n) is 7.06. The maximum absolute atomic E-state index is 5.96. The van der Waals surface area contributed by atoms with Crippen molar-refractivity contribution in [3.63, 3.8) is 0 Å². The van der Waals surface area contributed by atoms with Crippen LogP contribution in [0.2, 0.25) is 0 Å². The van der Waals surface area contributed by atoms with Crippen LogP contribution in [0.15, 0.2) is 18.2 Å². The number of fused-ring (bicyclic) bond motifs is 2. The summed E-state index contributed by atoms with van der Waals surface area (Å²) < 4.78 is 0. The van der Waals surface area contributed by atoms with E-state index < -0.39 is 0 Å². The molecule has 0 heterocycles. The van der Waals surface area contributed by atoms with Crippen LogP contribution in [0.5, 0.6) is 0 Å². The lowest BCUT2D eigenvalue weighted by Gasteiger charge is -2.39. The SMILES string of the molecule is Cc1ccc2c(c1)C(CN)CCC21CCCC1. The summed E-state index contributed by atoms with van der Waals surface area (Å²) in [4.78, 5) is 0. The summed E-state index contributed by atoms with van der Waals surface area (Å²) in [7, 11) is 0. The van der Waals surface area contributed by atoms with Gasteiger partial charge < -0.3 is 5.73 Å². The smallest absolute Gasteiger partial charge is 0.000812 e. The molecule has 2 aliphatic carbocycles. The predicted molar refractivity (Wildman–Crippen MR) is 72.4 cm³/mol. The average molecular weight is 229 g/mol. The quantitative estimate of drug-likeness (QED) is 0.781. The van der Waals surface area contributed by atoms with Crippen LogP contribution in [0.4, 0.5) is 0 Å². The highest BCUT2D eigenvalue weighted by molar-refractivity contribution is 5.42. The molecule has 2 aliphatic rings. The molecule has 1 heteroatoms. The Hall–Kier alpha value is -0.820. The van der Waals surface area contributed by atoms with Crippen molar-refractivity contribution < 1.29 is 0 Å². The third-order valence-electron chi connectivity index (χ3n) is 5.03. The van der Waals surface area contributed by atoms with Crippen LogP contribution in [-0.2, 0) is 5.41 Å². The second-order valence-corrected chi connectivity index (χ2v) is 6.05. The van der Waals surface area contributed by atoms with Gasteiger partial charge in [0.05, 0.1) is 0 Å². The average Bonchev–Trinajstić information content (AvgIpc) is 2.79. The van der Waals surface area contributed by atoms with Crippen molar-refractivity contribution in [2.24, 2.45) is 5.73 Å². The molecule has 1 atom stereocenters. The molecule has 0 amide bonds. The molecular formula is C16H23N. The highest BCUT2D eigenvalue weighted by Gasteiger charge is 2.41. The summed E-state index contributed by atoms with van der Waals surface area (Å²) in [5.41, 5.74) is 11.1. The van der Waals surface area contributed by atoms with Crippen molar-refractivity contribution in [3.8, 4) is 0 Å². The van der Waals surface area contributed by atoms with E-state index in [1.807, 2.05) is 0 Å². The van der Waals surface area contributed by atoms with Crippen LogP contribution in [0, 0.1) is 6.92 Å². The van der Waals surface area contributed by atoms with Crippen LogP contribution < -0.4 is 5.73 Å². The van der Waals surface area contributed by atoms with E-state index in [1.165, 1.54) is 44.1 Å². The first kappa shape index (κ1) is 11.3. The van der Waals surface area contributed by atoms with E-state index in [0.29, 0.717) is 11.3 Å². The molecule has 1 nitrogen and oxygen atoms in total. The second-order valence-electron chi connectivity index (χ2n) is 6.05. The Bertz CT molecular complexity index is 416. The Morgan fingerprint density at radius 1 is 1.24 bits per heavy atom. The maximum Gasteiger partial charge on any atom is -0.000812 e. The van der Waals surface area contributed by atoms with Gasteiger partial charge >= 0.3 is 0 Å². The van der Waals surface area contributed by atoms with Gasteiger partial charge in [-0.1, -0.05) is 36.6 Å². The molecule has 92 valence electrons. The number of aryl methyl sites for hydroxylation is 1. The van der Waals surface area contributed by atoms with Crippen molar-refractivity contribution >= 4 is 0 Å². The van der Waals surface area contributed by atoms with Gasteiger partial charge in [0.2, 0.25) is 0 Å². The number of nitrogens with two attached hydrogens (primary N) is 1. The molecular weight excluding hydrogens is 206 g/mol. The molecule has 0 radical (unpaired) electrons. The molecule has 0 saturated heterocycles. The van der Waals surface area contributed by atoms with Gasteiger partial charge in [0, 0.05) is 0 Å². The maximum atomic E-state index is 5.96. The summed E-state index contributed by atoms with van der Waals surface area (Å²) >= 11 is 0. The lowest BCUT2D eigenvalue weighted by molar-refractivity contribution is 0.344. The van der Waals surface area contributed by atoms with Gasteiger partial charge in [-0.25, -0.2) is 0 Å². The fourth-order valence-corrected chi connectivity index (χ4v) is 4.06. The Labute approximate surface area is 104 Å². The van der Waals surface area contributed by atoms with E-state index >= 15 is 0 Å². The van der Waals surface area contributed by atoms with E-state index in [1.54, 1.807) is 11.1 Å². The molecule has 1 fully saturated rings. The summed E-state index contributed by atoms with van der Waals surface area (Å²) in [6.45, 7) is 3.01. The van der Waals surface area contributed by atoms with Crippen molar-refractivity contribution in [2.45, 2.75) is 56.8 Å². The normalized spacial score (nSPS) is 26.1. The molecule has 3 rings (SSSR count). The van der Waals surface area contributed by atoms with Gasteiger partial charge in [-0.05, 0) is 61.6 Å². The van der Waals surface area contributed by atoms with Gasteiger partial charge in [-0.15, -0.1) is 0 Å². The first-order chi connectivity index (χ1) is 8.25. The van der Waals surface area contributed by atoms with Crippen molar-refractivity contribution in [1.82, 2.24) is 0 Å². The zero-order valence-electron chi connectivity index (χ0n) is 10.8. The minimum Gasteiger partial charge on any atom is -0.330 e. The van der Waals surface area contributed by atoms with Gasteiger partial charge in [0.1, 0.15) is 0 Å². The Kier molecular flexibility index (Phi) is 2.74. The highest BCUT2D eigenvalue weighted by Crippen LogP contribution is 2.51. The van der Waals surface area contributed by atoms with Gasteiger partial charge in [0.25, 0.3) is 0 Å². The van der Waals surface area contributed by atoms with E-state index in [-0.39, 0.29) is 0 Å². The standard InChI is InChI=1S/C16H23N/c1-12-4-5-15-14(10-12)13(11-17)6-9-16(15)7-2-3-8-16/h4-5,10,13H,2-3,6-9,11,17H2,1H3. The van der Waals surface area contributed by atoms with E-state index in [4.69, 9.17) is 5.73 Å². The molecule has 1 saturated carbocycles. The monoisotopic (exact) mass is 229 g/mol. The minimum absolute atomic E-state index is 0.523. The molecule has 1 unspecified atom stereocenters. The van der Waals surface area contributed by atoms with Crippen molar-refractivity contribution in [3.05, 3.63) is 34.9 Å². The van der Waals surface area contributed by atoms with E-state index in [2.05, 4.69) is 25.1 Å². The molecule has 0 aromatic heterocycles. The summed E-state index contributed by atoms with van der Waals surface area (Å²) in [5.74, 6) is 0.608. The third-order valence-corrected chi connectivity index (χ3v) is 5.03. The third kappa shape index (κ3) is 1.72. The van der Waals surface area contributed by atoms with Gasteiger partial charge in [-0.3, -0.25) is 0 Å². The molecule has 0 aliphatic heterocycles. The Morgan fingerprint density at radius 3 is 2.71 bits per heavy atom. The zero-order valence-corrected chi connectivity index (χ0v) is 10.8. The molecule has 2 N–H and O–H groups in total. The second kappa shape index (κ2) is 4.13. The molecule has 17 heavy (non-hydrogen) atoms. The van der Waals surface area contributed by atoms with Crippen molar-refractivity contribution in [1.29, 1.82) is 0 Å². The minimum atomic E-state index is 0.523. The fourth-order valence-electron chi connectivity index (χ4n) is 4.06. The number of rotatable bonds is 1. The Morgan fingerprint density at radius 2 is 2.00 bits per heavy atom. The topological polar surface area (TPSA) is 26.0 Å². The fraction of sp³-hybridized carbons (Fsp3) is 0.625. The van der Waals surface area contributed by atoms with Crippen molar-refractivity contribution in [2.75, 3.05) is 6.54 Å². The largest absolute Gasteiger partial charge is 0.330 e. The predicted octanol–water partition coefficient (Wildman–Crippen LogP) is 3.64.